The number of aromatic nitrogens is 2. The van der Waals surface area contributed by atoms with Crippen molar-refractivity contribution in [2.24, 2.45) is 7.05 Å². The van der Waals surface area contributed by atoms with E-state index in [0.29, 0.717) is 4.47 Å². The summed E-state index contributed by atoms with van der Waals surface area (Å²) >= 11 is 3.26. The molecule has 0 aliphatic heterocycles. The van der Waals surface area contributed by atoms with Gasteiger partial charge in [0.05, 0.1) is 11.9 Å². The molecular weight excluding hydrogens is 272 g/mol. The van der Waals surface area contributed by atoms with Gasteiger partial charge in [-0.05, 0) is 28.9 Å². The molecule has 6 heteroatoms. The van der Waals surface area contributed by atoms with Crippen LogP contribution in [0.15, 0.2) is 15.5 Å². The van der Waals surface area contributed by atoms with Crippen LogP contribution in [0.4, 0.5) is 5.69 Å². The normalized spacial score (nSPS) is 10.4. The number of halogens is 1. The minimum atomic E-state index is -0.133. The Bertz CT molecular complexity index is 391. The molecule has 0 bridgehead atoms. The van der Waals surface area contributed by atoms with E-state index < -0.39 is 0 Å². The van der Waals surface area contributed by atoms with E-state index >= 15 is 0 Å². The van der Waals surface area contributed by atoms with Gasteiger partial charge in [0.15, 0.2) is 0 Å². The van der Waals surface area contributed by atoms with Crippen molar-refractivity contribution in [3.8, 4) is 0 Å². The molecule has 0 saturated carbocycles. The number of hydrogen-bond acceptors (Lipinski definition) is 4. The third-order valence-corrected chi connectivity index (χ3v) is 2.89. The Kier molecular flexibility index (Phi) is 5.48. The molecule has 90 valence electrons. The molecule has 0 unspecified atom stereocenters. The Morgan fingerprint density at radius 1 is 1.44 bits per heavy atom. The van der Waals surface area contributed by atoms with Gasteiger partial charge in [-0.3, -0.25) is 4.79 Å². The molecule has 0 amide bonds. The van der Waals surface area contributed by atoms with Crippen molar-refractivity contribution in [3.05, 3.63) is 21.0 Å². The third kappa shape index (κ3) is 3.61. The van der Waals surface area contributed by atoms with Crippen LogP contribution in [0.25, 0.3) is 0 Å². The predicted octanol–water partition coefficient (Wildman–Crippen LogP) is 0.954. The lowest BCUT2D eigenvalue weighted by atomic mass is 10.4. The number of nitrogens with one attached hydrogen (secondary N) is 2. The van der Waals surface area contributed by atoms with Crippen LogP contribution in [0.1, 0.15) is 13.3 Å². The summed E-state index contributed by atoms with van der Waals surface area (Å²) in [5.41, 5.74) is 0.605. The Morgan fingerprint density at radius 2 is 2.19 bits per heavy atom. The van der Waals surface area contributed by atoms with Crippen molar-refractivity contribution >= 4 is 21.6 Å². The maximum absolute atomic E-state index is 11.5. The monoisotopic (exact) mass is 288 g/mol. The van der Waals surface area contributed by atoms with Crippen molar-refractivity contribution in [1.29, 1.82) is 0 Å². The van der Waals surface area contributed by atoms with Crippen LogP contribution in [-0.2, 0) is 7.05 Å². The van der Waals surface area contributed by atoms with Gasteiger partial charge < -0.3 is 10.6 Å². The van der Waals surface area contributed by atoms with Gasteiger partial charge in [-0.25, -0.2) is 4.68 Å². The summed E-state index contributed by atoms with van der Waals surface area (Å²) < 4.78 is 1.82. The summed E-state index contributed by atoms with van der Waals surface area (Å²) in [5, 5.41) is 10.4. The summed E-state index contributed by atoms with van der Waals surface area (Å²) in [5.74, 6) is 0. The highest BCUT2D eigenvalue weighted by molar-refractivity contribution is 9.10. The van der Waals surface area contributed by atoms with Crippen LogP contribution in [-0.4, -0.2) is 29.4 Å². The zero-order valence-electron chi connectivity index (χ0n) is 9.59. The predicted molar refractivity (Wildman–Crippen MR) is 68.8 cm³/mol. The topological polar surface area (TPSA) is 59.0 Å². The second-order valence-electron chi connectivity index (χ2n) is 3.48. The van der Waals surface area contributed by atoms with Crippen LogP contribution in [0, 0.1) is 0 Å². The number of nitrogens with zero attached hydrogens (tertiary/aromatic N) is 2. The quantitative estimate of drug-likeness (QED) is 0.766. The Hall–Kier alpha value is -0.880. The van der Waals surface area contributed by atoms with Gasteiger partial charge in [-0.15, -0.1) is 0 Å². The van der Waals surface area contributed by atoms with Gasteiger partial charge in [0.1, 0.15) is 4.47 Å². The highest BCUT2D eigenvalue weighted by atomic mass is 79.9. The van der Waals surface area contributed by atoms with E-state index in [1.54, 1.807) is 13.2 Å². The van der Waals surface area contributed by atoms with Crippen LogP contribution in [0.2, 0.25) is 0 Å². The van der Waals surface area contributed by atoms with Crippen molar-refractivity contribution in [2.75, 3.05) is 25.0 Å². The molecule has 0 saturated heterocycles. The molecule has 0 radical (unpaired) electrons. The van der Waals surface area contributed by atoms with Gasteiger partial charge in [-0.2, -0.15) is 5.10 Å². The number of aryl methyl sites for hydroxylation is 1. The average molecular weight is 289 g/mol. The first-order chi connectivity index (χ1) is 7.66. The SMILES string of the molecule is CCCNCCNc1cnn(C)c(=O)c1Br. The van der Waals surface area contributed by atoms with Crippen LogP contribution in [0.5, 0.6) is 0 Å². The Morgan fingerprint density at radius 3 is 2.88 bits per heavy atom. The van der Waals surface area contributed by atoms with E-state index in [9.17, 15) is 4.79 Å². The lowest BCUT2D eigenvalue weighted by molar-refractivity contribution is 0.683. The number of hydrogen-bond donors (Lipinski definition) is 2. The largest absolute Gasteiger partial charge is 0.381 e. The minimum Gasteiger partial charge on any atom is -0.381 e. The third-order valence-electron chi connectivity index (χ3n) is 2.12. The van der Waals surface area contributed by atoms with Crippen LogP contribution < -0.4 is 16.2 Å². The second-order valence-corrected chi connectivity index (χ2v) is 4.27. The van der Waals surface area contributed by atoms with E-state index in [1.165, 1.54) is 4.68 Å². The summed E-state index contributed by atoms with van der Waals surface area (Å²) in [6.07, 6.45) is 2.77. The van der Waals surface area contributed by atoms with E-state index in [0.717, 1.165) is 31.7 Å². The molecule has 5 nitrogen and oxygen atoms in total. The second kappa shape index (κ2) is 6.65. The standard InChI is InChI=1S/C10H17BrN4O/c1-3-4-12-5-6-13-8-7-14-15(2)10(16)9(8)11/h7,12-13H,3-6H2,1-2H3. The van der Waals surface area contributed by atoms with Gasteiger partial charge in [-0.1, -0.05) is 6.92 Å². The van der Waals surface area contributed by atoms with Crippen molar-refractivity contribution in [3.63, 3.8) is 0 Å². The summed E-state index contributed by atoms with van der Waals surface area (Å²) in [6.45, 7) is 4.78. The Labute approximate surface area is 103 Å². The smallest absolute Gasteiger partial charge is 0.282 e. The lowest BCUT2D eigenvalue weighted by Gasteiger charge is -2.08. The van der Waals surface area contributed by atoms with Gasteiger partial charge in [0, 0.05) is 20.1 Å². The maximum Gasteiger partial charge on any atom is 0.282 e. The van der Waals surface area contributed by atoms with Crippen molar-refractivity contribution < 1.29 is 0 Å². The number of rotatable bonds is 6. The zero-order chi connectivity index (χ0) is 12.0. The molecular formula is C10H17BrN4O. The molecule has 1 aromatic rings. The highest BCUT2D eigenvalue weighted by Gasteiger charge is 2.05. The first-order valence-electron chi connectivity index (χ1n) is 5.33. The molecule has 0 aliphatic carbocycles. The van der Waals surface area contributed by atoms with Gasteiger partial charge in [0.2, 0.25) is 0 Å². The fraction of sp³-hybridized carbons (Fsp3) is 0.600. The molecule has 1 rings (SSSR count). The van der Waals surface area contributed by atoms with Gasteiger partial charge in [0.25, 0.3) is 5.56 Å². The molecule has 0 spiro atoms. The molecule has 0 atom stereocenters. The van der Waals surface area contributed by atoms with Gasteiger partial charge >= 0.3 is 0 Å². The molecule has 0 aliphatic rings. The van der Waals surface area contributed by atoms with E-state index in [2.05, 4.69) is 38.6 Å². The fourth-order valence-electron chi connectivity index (χ4n) is 1.22. The highest BCUT2D eigenvalue weighted by Crippen LogP contribution is 2.14. The summed E-state index contributed by atoms with van der Waals surface area (Å²) in [4.78, 5) is 11.5. The first-order valence-corrected chi connectivity index (χ1v) is 6.12. The first kappa shape index (κ1) is 13.2. The molecule has 1 aromatic heterocycles. The van der Waals surface area contributed by atoms with Crippen LogP contribution in [0.3, 0.4) is 0 Å². The minimum absolute atomic E-state index is 0.133. The Balaban J connectivity index is 2.49. The van der Waals surface area contributed by atoms with Crippen LogP contribution >= 0.6 is 15.9 Å². The maximum atomic E-state index is 11.5. The molecule has 1 heterocycles. The summed E-state index contributed by atoms with van der Waals surface area (Å²) in [6, 6.07) is 0. The fourth-order valence-corrected chi connectivity index (χ4v) is 1.72. The van der Waals surface area contributed by atoms with E-state index in [4.69, 9.17) is 0 Å². The number of anilines is 1. The average Bonchev–Trinajstić information content (AvgIpc) is 2.28. The van der Waals surface area contributed by atoms with Crippen molar-refractivity contribution in [1.82, 2.24) is 15.1 Å². The molecule has 0 fully saturated rings. The van der Waals surface area contributed by atoms with E-state index in [1.807, 2.05) is 0 Å². The molecule has 0 aromatic carbocycles. The lowest BCUT2D eigenvalue weighted by Crippen LogP contribution is -2.25. The molecule has 16 heavy (non-hydrogen) atoms. The molecule has 2 N–H and O–H groups in total. The van der Waals surface area contributed by atoms with Crippen molar-refractivity contribution in [2.45, 2.75) is 13.3 Å². The zero-order valence-corrected chi connectivity index (χ0v) is 11.2. The van der Waals surface area contributed by atoms with E-state index in [-0.39, 0.29) is 5.56 Å². The summed E-state index contributed by atoms with van der Waals surface area (Å²) in [7, 11) is 1.62.